The van der Waals surface area contributed by atoms with Crippen LogP contribution in [0.5, 0.6) is 0 Å². The van der Waals surface area contributed by atoms with Crippen LogP contribution >= 0.6 is 0 Å². The van der Waals surface area contributed by atoms with Crippen LogP contribution < -0.4 is 15.7 Å². The van der Waals surface area contributed by atoms with Crippen molar-refractivity contribution < 1.29 is 24.9 Å². The Hall–Kier alpha value is -1.86. The van der Waals surface area contributed by atoms with Crippen LogP contribution in [0.3, 0.4) is 0 Å². The summed E-state index contributed by atoms with van der Waals surface area (Å²) in [7, 11) is 0. The van der Waals surface area contributed by atoms with E-state index in [9.17, 15) is 14.8 Å². The molecule has 0 aliphatic carbocycles. The molecule has 1 aliphatic rings. The van der Waals surface area contributed by atoms with Gasteiger partial charge in [0.25, 0.3) is 0 Å². The molecule has 1 aliphatic heterocycles. The molecular weight excluding hydrogens is 223 g/mol. The third-order valence-electron chi connectivity index (χ3n) is 2.65. The highest BCUT2D eigenvalue weighted by atomic mass is 16.4. The van der Waals surface area contributed by atoms with Gasteiger partial charge in [-0.2, -0.15) is 0 Å². The van der Waals surface area contributed by atoms with Crippen LogP contribution in [0.4, 0.5) is 5.69 Å². The van der Waals surface area contributed by atoms with Crippen LogP contribution in [-0.2, 0) is 11.2 Å². The number of benzene rings is 1. The largest absolute Gasteiger partial charge is 0.540 e. The summed E-state index contributed by atoms with van der Waals surface area (Å²) in [6, 6.07) is 4.69. The number of fused-ring (bicyclic) bond motifs is 1. The zero-order chi connectivity index (χ0) is 12.6. The van der Waals surface area contributed by atoms with Gasteiger partial charge in [-0.05, 0) is 11.6 Å². The summed E-state index contributed by atoms with van der Waals surface area (Å²) in [5.41, 5.74) is 1.44. The average molecular weight is 236 g/mol. The summed E-state index contributed by atoms with van der Waals surface area (Å²) in [6.45, 7) is -1.15. The Bertz CT molecular complexity index is 513. The van der Waals surface area contributed by atoms with Crippen molar-refractivity contribution in [3.8, 4) is 0 Å². The van der Waals surface area contributed by atoms with Crippen molar-refractivity contribution in [2.24, 2.45) is 0 Å². The van der Waals surface area contributed by atoms with E-state index in [0.29, 0.717) is 22.5 Å². The molecule has 0 amide bonds. The molecule has 90 valence electrons. The van der Waals surface area contributed by atoms with Gasteiger partial charge in [0.1, 0.15) is 0 Å². The molecule has 5 N–H and O–H groups in total. The lowest BCUT2D eigenvalue weighted by Crippen LogP contribution is -2.83. The lowest BCUT2D eigenvalue weighted by Gasteiger charge is -2.29. The van der Waals surface area contributed by atoms with Crippen molar-refractivity contribution in [1.29, 1.82) is 0 Å². The smallest absolute Gasteiger partial charge is 0.474 e. The predicted octanol–water partition coefficient (Wildman–Crippen LogP) is -2.82. The highest BCUT2D eigenvalue weighted by molar-refractivity contribution is 6.79. The van der Waals surface area contributed by atoms with Crippen molar-refractivity contribution in [1.82, 2.24) is 5.23 Å². The number of aliphatic carboxylic acids is 1. The van der Waals surface area contributed by atoms with Crippen LogP contribution in [0, 0.1) is 0 Å². The van der Waals surface area contributed by atoms with Crippen LogP contribution in [0.1, 0.15) is 12.5 Å². The molecule has 1 heterocycles. The lowest BCUT2D eigenvalue weighted by molar-refractivity contribution is -0.356. The predicted molar refractivity (Wildman–Crippen MR) is 62.0 cm³/mol. The number of carbonyl (C=O) groups is 1. The summed E-state index contributed by atoms with van der Waals surface area (Å²) in [6.07, 6.45) is -0.0989. The Morgan fingerprint density at radius 1 is 1.47 bits per heavy atom. The van der Waals surface area contributed by atoms with Gasteiger partial charge in [-0.25, -0.2) is 0 Å². The summed E-state index contributed by atoms with van der Waals surface area (Å²) in [5, 5.41) is 30.8. The minimum Gasteiger partial charge on any atom is -0.540 e. The molecule has 0 bridgehead atoms. The molecule has 1 aromatic rings. The van der Waals surface area contributed by atoms with Gasteiger partial charge in [-0.1, -0.05) is 17.6 Å². The van der Waals surface area contributed by atoms with E-state index in [1.54, 1.807) is 19.1 Å². The van der Waals surface area contributed by atoms with Crippen LogP contribution in [-0.4, -0.2) is 33.6 Å². The number of hydrogen-bond acceptors (Lipinski definition) is 4. The van der Waals surface area contributed by atoms with Gasteiger partial charge in [-0.15, -0.1) is 0 Å². The first-order valence-corrected chi connectivity index (χ1v) is 5.22. The molecule has 17 heavy (non-hydrogen) atoms. The maximum Gasteiger partial charge on any atom is 0.474 e. The molecule has 0 spiro atoms. The second-order valence-corrected chi connectivity index (χ2v) is 4.16. The zero-order valence-corrected chi connectivity index (χ0v) is 9.27. The molecule has 0 radical (unpaired) electrons. The summed E-state index contributed by atoms with van der Waals surface area (Å²) in [4.78, 5) is 13.5. The van der Waals surface area contributed by atoms with Gasteiger partial charge in [0, 0.05) is 6.92 Å². The van der Waals surface area contributed by atoms with Crippen molar-refractivity contribution in [2.45, 2.75) is 13.3 Å². The molecule has 7 heteroatoms. The molecule has 6 nitrogen and oxygen atoms in total. The Morgan fingerprint density at radius 3 is 2.82 bits per heavy atom. The van der Waals surface area contributed by atoms with E-state index in [2.05, 4.69) is 10.2 Å². The Labute approximate surface area is 97.6 Å². The van der Waals surface area contributed by atoms with Gasteiger partial charge in [-0.3, -0.25) is 9.79 Å². The van der Waals surface area contributed by atoms with E-state index < -0.39 is 12.7 Å². The van der Waals surface area contributed by atoms with Crippen molar-refractivity contribution in [3.63, 3.8) is 0 Å². The molecule has 0 atom stereocenters. The minimum absolute atomic E-state index is 0.0989. The van der Waals surface area contributed by atoms with Crippen LogP contribution in [0.15, 0.2) is 18.2 Å². The van der Waals surface area contributed by atoms with E-state index in [4.69, 9.17) is 5.11 Å². The summed E-state index contributed by atoms with van der Waals surface area (Å²) < 4.78 is 0. The fourth-order valence-corrected chi connectivity index (χ4v) is 1.97. The van der Waals surface area contributed by atoms with Gasteiger partial charge >= 0.3 is 12.7 Å². The van der Waals surface area contributed by atoms with Gasteiger partial charge in [0.05, 0.1) is 12.1 Å². The van der Waals surface area contributed by atoms with Crippen LogP contribution in [0.2, 0.25) is 0 Å². The lowest BCUT2D eigenvalue weighted by atomic mass is 9.63. The molecule has 0 saturated heterocycles. The van der Waals surface area contributed by atoms with Gasteiger partial charge < -0.3 is 20.4 Å². The SMILES string of the molecule is CC1=[NH+]c2cc(CC(=O)O)ccc2[B-](O)(O)N1. The number of amidine groups is 1. The van der Waals surface area contributed by atoms with E-state index in [-0.39, 0.29) is 6.42 Å². The van der Waals surface area contributed by atoms with E-state index in [1.807, 2.05) is 0 Å². The minimum atomic E-state index is -2.81. The first-order valence-electron chi connectivity index (χ1n) is 5.22. The molecule has 1 aromatic carbocycles. The standard InChI is InChI=1S/C10H12BN2O4/c1-6-12-9-4-7(5-10(14)15)2-3-8(9)11(16,17)13-6/h2-4,16-17H,5H2,1H3,(H,12,13)(H,14,15)/q-1/p+1. The zero-order valence-electron chi connectivity index (χ0n) is 9.27. The number of rotatable bonds is 2. The number of hydrogen-bond donors (Lipinski definition) is 5. The number of carboxylic acid groups (broad SMARTS) is 1. The molecule has 0 fully saturated rings. The highest BCUT2D eigenvalue weighted by Gasteiger charge is 2.35. The topological polar surface area (TPSA) is 104 Å². The highest BCUT2D eigenvalue weighted by Crippen LogP contribution is 2.08. The van der Waals surface area contributed by atoms with Crippen molar-refractivity contribution >= 4 is 29.6 Å². The second kappa shape index (κ2) is 3.87. The third kappa shape index (κ3) is 2.30. The molecule has 0 saturated carbocycles. The maximum absolute atomic E-state index is 10.6. The second-order valence-electron chi connectivity index (χ2n) is 4.16. The number of nitrogens with one attached hydrogen (secondary N) is 2. The average Bonchev–Trinajstić information content (AvgIpc) is 2.13. The fourth-order valence-electron chi connectivity index (χ4n) is 1.97. The van der Waals surface area contributed by atoms with Crippen molar-refractivity contribution in [3.05, 3.63) is 23.8 Å². The molecule has 0 unspecified atom stereocenters. The normalized spacial score (nSPS) is 16.8. The quantitative estimate of drug-likeness (QED) is 0.356. The van der Waals surface area contributed by atoms with Gasteiger partial charge in [0.2, 0.25) is 5.84 Å². The van der Waals surface area contributed by atoms with E-state index >= 15 is 0 Å². The van der Waals surface area contributed by atoms with Crippen molar-refractivity contribution in [2.75, 3.05) is 0 Å². The monoisotopic (exact) mass is 236 g/mol. The fraction of sp³-hybridized carbons (Fsp3) is 0.200. The molecule has 2 rings (SSSR count). The number of carboxylic acids is 1. The summed E-state index contributed by atoms with van der Waals surface area (Å²) >= 11 is 0. The van der Waals surface area contributed by atoms with E-state index in [0.717, 1.165) is 0 Å². The van der Waals surface area contributed by atoms with E-state index in [1.165, 1.54) is 6.07 Å². The first kappa shape index (κ1) is 11.6. The first-order chi connectivity index (χ1) is 7.88. The Morgan fingerprint density at radius 2 is 2.18 bits per heavy atom. The van der Waals surface area contributed by atoms with Crippen LogP contribution in [0.25, 0.3) is 0 Å². The summed E-state index contributed by atoms with van der Waals surface area (Å²) in [5.74, 6) is -0.417. The Balaban J connectivity index is 2.46. The van der Waals surface area contributed by atoms with Gasteiger partial charge in [0.15, 0.2) is 0 Å². The molecular formula is C10H13BN2O4. The maximum atomic E-state index is 10.6. The Kier molecular flexibility index (Phi) is 2.64. The third-order valence-corrected chi connectivity index (χ3v) is 2.65. The molecule has 0 aromatic heterocycles.